The molecule has 0 fully saturated rings. The molecule has 0 aromatic heterocycles. The first-order valence-electron chi connectivity index (χ1n) is 6.54. The molecule has 2 aromatic carbocycles. The maximum Gasteiger partial charge on any atom is 0.269 e. The Morgan fingerprint density at radius 2 is 1.96 bits per heavy atom. The second kappa shape index (κ2) is 7.43. The highest BCUT2D eigenvalue weighted by atomic mass is 35.5. The number of carbonyl (C=O) groups excluding carboxylic acids is 1. The molecule has 0 aliphatic heterocycles. The third kappa shape index (κ3) is 4.67. The molecule has 0 unspecified atom stereocenters. The lowest BCUT2D eigenvalue weighted by atomic mass is 10.3. The Hall–Kier alpha value is -2.12. The van der Waals surface area contributed by atoms with Crippen LogP contribution in [0.25, 0.3) is 0 Å². The Bertz CT molecular complexity index is 740. The minimum absolute atomic E-state index is 0.00703. The van der Waals surface area contributed by atoms with Crippen LogP contribution < -0.4 is 5.32 Å². The fourth-order valence-corrected chi connectivity index (χ4v) is 2.77. The van der Waals surface area contributed by atoms with Gasteiger partial charge >= 0.3 is 0 Å². The first kappa shape index (κ1) is 17.2. The minimum atomic E-state index is -0.557. The molecule has 0 heterocycles. The predicted molar refractivity (Wildman–Crippen MR) is 88.5 cm³/mol. The van der Waals surface area contributed by atoms with Gasteiger partial charge in [0.25, 0.3) is 5.69 Å². The molecule has 1 amide bonds. The van der Waals surface area contributed by atoms with Crippen LogP contribution in [0.3, 0.4) is 0 Å². The number of non-ortho nitro benzene ring substituents is 1. The zero-order chi connectivity index (χ0) is 17.0. The van der Waals surface area contributed by atoms with Crippen LogP contribution >= 0.6 is 23.4 Å². The maximum atomic E-state index is 13.1. The van der Waals surface area contributed by atoms with Crippen LogP contribution in [0.2, 0.25) is 5.02 Å². The van der Waals surface area contributed by atoms with Gasteiger partial charge in [0.05, 0.1) is 15.2 Å². The predicted octanol–water partition coefficient (Wildman–Crippen LogP) is 4.51. The van der Waals surface area contributed by atoms with E-state index in [1.54, 1.807) is 19.1 Å². The standard InChI is InChI=1S/C15H12ClFN2O3S/c1-9(23-12-5-3-11(4-6-12)19(21)22)15(20)18-10-2-7-14(17)13(16)8-10/h2-9H,1H3,(H,18,20)/t9-/m0/s1. The second-order valence-electron chi connectivity index (χ2n) is 4.63. The van der Waals surface area contributed by atoms with E-state index in [4.69, 9.17) is 11.6 Å². The number of carbonyl (C=O) groups is 1. The first-order valence-corrected chi connectivity index (χ1v) is 7.79. The molecular formula is C15H12ClFN2O3S. The highest BCUT2D eigenvalue weighted by Gasteiger charge is 2.16. The molecule has 0 aliphatic rings. The SMILES string of the molecule is C[C@H](Sc1ccc([N+](=O)[O-])cc1)C(=O)Nc1ccc(F)c(Cl)c1. The van der Waals surface area contributed by atoms with Gasteiger partial charge < -0.3 is 5.32 Å². The van der Waals surface area contributed by atoms with Gasteiger partial charge in [0, 0.05) is 22.7 Å². The Balaban J connectivity index is 1.99. The van der Waals surface area contributed by atoms with Crippen LogP contribution in [0.1, 0.15) is 6.92 Å². The van der Waals surface area contributed by atoms with Gasteiger partial charge in [-0.05, 0) is 37.3 Å². The van der Waals surface area contributed by atoms with Gasteiger partial charge in [-0.1, -0.05) is 11.6 Å². The van der Waals surface area contributed by atoms with Gasteiger partial charge in [-0.2, -0.15) is 0 Å². The highest BCUT2D eigenvalue weighted by Crippen LogP contribution is 2.26. The Morgan fingerprint density at radius 3 is 2.52 bits per heavy atom. The van der Waals surface area contributed by atoms with E-state index in [0.29, 0.717) is 5.69 Å². The Morgan fingerprint density at radius 1 is 1.30 bits per heavy atom. The van der Waals surface area contributed by atoms with Crippen molar-refractivity contribution < 1.29 is 14.1 Å². The number of amides is 1. The number of nitrogens with zero attached hydrogens (tertiary/aromatic N) is 1. The van der Waals surface area contributed by atoms with Crippen LogP contribution in [-0.2, 0) is 4.79 Å². The normalized spacial score (nSPS) is 11.8. The number of hydrogen-bond acceptors (Lipinski definition) is 4. The van der Waals surface area contributed by atoms with Crippen LogP contribution in [-0.4, -0.2) is 16.1 Å². The molecule has 0 spiro atoms. The zero-order valence-electron chi connectivity index (χ0n) is 12.0. The van der Waals surface area contributed by atoms with Gasteiger partial charge in [0.1, 0.15) is 5.82 Å². The molecule has 0 bridgehead atoms. The fourth-order valence-electron chi connectivity index (χ4n) is 1.72. The number of benzene rings is 2. The van der Waals surface area contributed by atoms with E-state index in [1.165, 1.54) is 42.1 Å². The molecule has 8 heteroatoms. The Labute approximate surface area is 141 Å². The van der Waals surface area contributed by atoms with Crippen LogP contribution in [0.15, 0.2) is 47.4 Å². The van der Waals surface area contributed by atoms with E-state index >= 15 is 0 Å². The van der Waals surface area contributed by atoms with E-state index in [9.17, 15) is 19.3 Å². The molecular weight excluding hydrogens is 343 g/mol. The number of nitro benzene ring substituents is 1. The summed E-state index contributed by atoms with van der Waals surface area (Å²) in [5, 5.41) is 12.7. The summed E-state index contributed by atoms with van der Waals surface area (Å²) in [5.74, 6) is -0.839. The van der Waals surface area contributed by atoms with Crippen molar-refractivity contribution in [3.63, 3.8) is 0 Å². The summed E-state index contributed by atoms with van der Waals surface area (Å²) in [6.07, 6.45) is 0. The number of anilines is 1. The third-order valence-corrected chi connectivity index (χ3v) is 4.32. The van der Waals surface area contributed by atoms with Crippen molar-refractivity contribution >= 4 is 40.6 Å². The quantitative estimate of drug-likeness (QED) is 0.487. The smallest absolute Gasteiger partial charge is 0.269 e. The van der Waals surface area contributed by atoms with E-state index < -0.39 is 16.0 Å². The van der Waals surface area contributed by atoms with E-state index in [2.05, 4.69) is 5.32 Å². The number of nitrogens with one attached hydrogen (secondary N) is 1. The lowest BCUT2D eigenvalue weighted by molar-refractivity contribution is -0.384. The summed E-state index contributed by atoms with van der Waals surface area (Å²) >= 11 is 6.92. The third-order valence-electron chi connectivity index (χ3n) is 2.92. The summed E-state index contributed by atoms with van der Waals surface area (Å²) < 4.78 is 13.1. The average Bonchev–Trinajstić information content (AvgIpc) is 2.51. The molecule has 1 N–H and O–H groups in total. The molecule has 2 aromatic rings. The van der Waals surface area contributed by atoms with Crippen molar-refractivity contribution in [2.24, 2.45) is 0 Å². The van der Waals surface area contributed by atoms with E-state index in [1.807, 2.05) is 0 Å². The van der Waals surface area contributed by atoms with Crippen molar-refractivity contribution in [2.45, 2.75) is 17.1 Å². The zero-order valence-corrected chi connectivity index (χ0v) is 13.5. The monoisotopic (exact) mass is 354 g/mol. The van der Waals surface area contributed by atoms with Gasteiger partial charge in [0.2, 0.25) is 5.91 Å². The number of nitro groups is 1. The number of halogens is 2. The molecule has 23 heavy (non-hydrogen) atoms. The molecule has 1 atom stereocenters. The van der Waals surface area contributed by atoms with Crippen molar-refractivity contribution in [3.8, 4) is 0 Å². The summed E-state index contributed by atoms with van der Waals surface area (Å²) in [4.78, 5) is 23.0. The van der Waals surface area contributed by atoms with Crippen LogP contribution in [0.5, 0.6) is 0 Å². The second-order valence-corrected chi connectivity index (χ2v) is 6.45. The molecule has 2 rings (SSSR count). The van der Waals surface area contributed by atoms with Crippen LogP contribution in [0, 0.1) is 15.9 Å². The number of rotatable bonds is 5. The molecule has 0 saturated heterocycles. The Kier molecular flexibility index (Phi) is 5.57. The van der Waals surface area contributed by atoms with E-state index in [-0.39, 0.29) is 16.6 Å². The van der Waals surface area contributed by atoms with Gasteiger partial charge in [-0.25, -0.2) is 4.39 Å². The molecule has 0 radical (unpaired) electrons. The molecule has 0 saturated carbocycles. The lowest BCUT2D eigenvalue weighted by Crippen LogP contribution is -2.22. The van der Waals surface area contributed by atoms with Crippen molar-refractivity contribution in [2.75, 3.05) is 5.32 Å². The topological polar surface area (TPSA) is 72.2 Å². The van der Waals surface area contributed by atoms with Crippen molar-refractivity contribution in [3.05, 3.63) is 63.4 Å². The summed E-state index contributed by atoms with van der Waals surface area (Å²) in [6.45, 7) is 1.70. The summed E-state index contributed by atoms with van der Waals surface area (Å²) in [6, 6.07) is 9.86. The lowest BCUT2D eigenvalue weighted by Gasteiger charge is -2.12. The summed E-state index contributed by atoms with van der Waals surface area (Å²) in [5.41, 5.74) is 0.393. The minimum Gasteiger partial charge on any atom is -0.325 e. The molecule has 5 nitrogen and oxygen atoms in total. The van der Waals surface area contributed by atoms with Crippen molar-refractivity contribution in [1.82, 2.24) is 0 Å². The van der Waals surface area contributed by atoms with Crippen molar-refractivity contribution in [1.29, 1.82) is 0 Å². The number of hydrogen-bond donors (Lipinski definition) is 1. The first-order chi connectivity index (χ1) is 10.9. The number of thioether (sulfide) groups is 1. The fraction of sp³-hybridized carbons (Fsp3) is 0.133. The molecule has 120 valence electrons. The van der Waals surface area contributed by atoms with Gasteiger partial charge in [-0.15, -0.1) is 11.8 Å². The maximum absolute atomic E-state index is 13.1. The summed E-state index contributed by atoms with van der Waals surface area (Å²) in [7, 11) is 0. The van der Waals surface area contributed by atoms with E-state index in [0.717, 1.165) is 4.90 Å². The highest BCUT2D eigenvalue weighted by molar-refractivity contribution is 8.00. The molecule has 0 aliphatic carbocycles. The van der Waals surface area contributed by atoms with Crippen LogP contribution in [0.4, 0.5) is 15.8 Å². The largest absolute Gasteiger partial charge is 0.325 e. The average molecular weight is 355 g/mol. The van der Waals surface area contributed by atoms with Gasteiger partial charge in [0.15, 0.2) is 0 Å². The van der Waals surface area contributed by atoms with Gasteiger partial charge in [-0.3, -0.25) is 14.9 Å².